The highest BCUT2D eigenvalue weighted by molar-refractivity contribution is 7.09. The lowest BCUT2D eigenvalue weighted by Gasteiger charge is -2.14. The Labute approximate surface area is 118 Å². The number of anilines is 1. The van der Waals surface area contributed by atoms with Gasteiger partial charge in [-0.15, -0.1) is 11.3 Å². The number of aryl methyl sites for hydroxylation is 1. The lowest BCUT2D eigenvalue weighted by atomic mass is 10.1. The SMILES string of the molecule is Cc1csc(C(C)Nc2c(F)cc(C(=O)O)cc2F)n1. The highest BCUT2D eigenvalue weighted by Gasteiger charge is 2.18. The molecule has 1 unspecified atom stereocenters. The van der Waals surface area contributed by atoms with Gasteiger partial charge in [0.1, 0.15) is 22.3 Å². The number of rotatable bonds is 4. The van der Waals surface area contributed by atoms with Gasteiger partial charge in [0, 0.05) is 11.1 Å². The number of carboxylic acids is 1. The molecule has 1 atom stereocenters. The van der Waals surface area contributed by atoms with E-state index in [-0.39, 0.29) is 11.7 Å². The van der Waals surface area contributed by atoms with Crippen molar-refractivity contribution < 1.29 is 18.7 Å². The van der Waals surface area contributed by atoms with E-state index in [0.717, 1.165) is 17.8 Å². The Morgan fingerprint density at radius 2 is 2.00 bits per heavy atom. The van der Waals surface area contributed by atoms with Gasteiger partial charge in [-0.05, 0) is 26.0 Å². The lowest BCUT2D eigenvalue weighted by molar-refractivity contribution is 0.0696. The summed E-state index contributed by atoms with van der Waals surface area (Å²) in [6, 6.07) is 1.19. The first-order valence-corrected chi connectivity index (χ1v) is 6.67. The van der Waals surface area contributed by atoms with Crippen molar-refractivity contribution >= 4 is 23.0 Å². The Bertz CT molecular complexity index is 635. The van der Waals surface area contributed by atoms with E-state index in [2.05, 4.69) is 10.3 Å². The number of hydrogen-bond acceptors (Lipinski definition) is 4. The second-order valence-electron chi connectivity index (χ2n) is 4.31. The zero-order valence-electron chi connectivity index (χ0n) is 10.8. The minimum atomic E-state index is -1.38. The van der Waals surface area contributed by atoms with E-state index in [0.29, 0.717) is 5.01 Å². The molecule has 20 heavy (non-hydrogen) atoms. The molecule has 0 aliphatic carbocycles. The van der Waals surface area contributed by atoms with Crippen LogP contribution in [-0.2, 0) is 0 Å². The van der Waals surface area contributed by atoms with Crippen LogP contribution in [0.25, 0.3) is 0 Å². The van der Waals surface area contributed by atoms with Crippen LogP contribution >= 0.6 is 11.3 Å². The second-order valence-corrected chi connectivity index (χ2v) is 5.20. The van der Waals surface area contributed by atoms with E-state index in [1.54, 1.807) is 6.92 Å². The predicted octanol–water partition coefficient (Wildman–Crippen LogP) is 3.60. The highest BCUT2D eigenvalue weighted by atomic mass is 32.1. The van der Waals surface area contributed by atoms with Gasteiger partial charge in [0.15, 0.2) is 0 Å². The predicted molar refractivity (Wildman–Crippen MR) is 72.2 cm³/mol. The van der Waals surface area contributed by atoms with Crippen LogP contribution < -0.4 is 5.32 Å². The van der Waals surface area contributed by atoms with E-state index in [9.17, 15) is 13.6 Å². The molecule has 0 aliphatic rings. The number of nitrogens with one attached hydrogen (secondary N) is 1. The molecule has 0 radical (unpaired) electrons. The molecule has 4 nitrogen and oxygen atoms in total. The van der Waals surface area contributed by atoms with Crippen molar-refractivity contribution in [1.82, 2.24) is 4.98 Å². The molecule has 7 heteroatoms. The fourth-order valence-corrected chi connectivity index (χ4v) is 2.49. The summed E-state index contributed by atoms with van der Waals surface area (Å²) in [5.41, 5.74) is 0.0551. The molecule has 2 rings (SSSR count). The van der Waals surface area contributed by atoms with Crippen molar-refractivity contribution in [2.24, 2.45) is 0 Å². The van der Waals surface area contributed by atoms with Crippen LogP contribution in [0.1, 0.15) is 34.0 Å². The summed E-state index contributed by atoms with van der Waals surface area (Å²) in [6.07, 6.45) is 0. The largest absolute Gasteiger partial charge is 0.478 e. The summed E-state index contributed by atoms with van der Waals surface area (Å²) in [5, 5.41) is 13.9. The number of aromatic carboxylic acids is 1. The van der Waals surface area contributed by atoms with Crippen molar-refractivity contribution in [1.29, 1.82) is 0 Å². The molecule has 0 spiro atoms. The minimum Gasteiger partial charge on any atom is -0.478 e. The van der Waals surface area contributed by atoms with Gasteiger partial charge in [0.2, 0.25) is 0 Å². The van der Waals surface area contributed by atoms with E-state index in [4.69, 9.17) is 5.11 Å². The summed E-state index contributed by atoms with van der Waals surface area (Å²) in [7, 11) is 0. The number of nitrogens with zero attached hydrogens (tertiary/aromatic N) is 1. The molecule has 0 saturated carbocycles. The van der Waals surface area contributed by atoms with Crippen LogP contribution in [0.5, 0.6) is 0 Å². The smallest absolute Gasteiger partial charge is 0.335 e. The maximum absolute atomic E-state index is 13.8. The van der Waals surface area contributed by atoms with Crippen LogP contribution in [0.2, 0.25) is 0 Å². The minimum absolute atomic E-state index is 0.352. The summed E-state index contributed by atoms with van der Waals surface area (Å²) in [4.78, 5) is 14.9. The molecular formula is C13H12F2N2O2S. The summed E-state index contributed by atoms with van der Waals surface area (Å²) < 4.78 is 27.5. The molecule has 1 heterocycles. The van der Waals surface area contributed by atoms with Gasteiger partial charge >= 0.3 is 5.97 Å². The molecule has 0 aliphatic heterocycles. The molecule has 0 saturated heterocycles. The number of carboxylic acid groups (broad SMARTS) is 1. The number of aromatic nitrogens is 1. The van der Waals surface area contributed by atoms with E-state index < -0.39 is 23.2 Å². The van der Waals surface area contributed by atoms with Crippen molar-refractivity contribution in [3.63, 3.8) is 0 Å². The van der Waals surface area contributed by atoms with Crippen molar-refractivity contribution in [3.8, 4) is 0 Å². The van der Waals surface area contributed by atoms with Gasteiger partial charge in [-0.25, -0.2) is 18.6 Å². The maximum Gasteiger partial charge on any atom is 0.335 e. The molecule has 106 valence electrons. The van der Waals surface area contributed by atoms with Gasteiger partial charge < -0.3 is 10.4 Å². The first kappa shape index (κ1) is 14.4. The number of benzene rings is 1. The zero-order chi connectivity index (χ0) is 14.9. The van der Waals surface area contributed by atoms with Crippen LogP contribution in [0.15, 0.2) is 17.5 Å². The lowest BCUT2D eigenvalue weighted by Crippen LogP contribution is -2.11. The van der Waals surface area contributed by atoms with Crippen molar-refractivity contribution in [3.05, 3.63) is 45.4 Å². The molecular weight excluding hydrogens is 286 g/mol. The Kier molecular flexibility index (Phi) is 3.99. The van der Waals surface area contributed by atoms with Crippen LogP contribution in [0.3, 0.4) is 0 Å². The quantitative estimate of drug-likeness (QED) is 0.905. The Morgan fingerprint density at radius 1 is 1.40 bits per heavy atom. The molecule has 2 N–H and O–H groups in total. The number of hydrogen-bond donors (Lipinski definition) is 2. The number of thiazole rings is 1. The van der Waals surface area contributed by atoms with Gasteiger partial charge in [0.25, 0.3) is 0 Å². The first-order chi connectivity index (χ1) is 9.38. The summed E-state index contributed by atoms with van der Waals surface area (Å²) in [5.74, 6) is -3.26. The standard InChI is InChI=1S/C13H12F2N2O2S/c1-6-5-20-12(16-6)7(2)17-11-9(14)3-8(13(18)19)4-10(11)15/h3-5,7,17H,1-2H3,(H,18,19). The third-order valence-electron chi connectivity index (χ3n) is 2.66. The molecule has 0 fully saturated rings. The summed E-state index contributed by atoms with van der Waals surface area (Å²) in [6.45, 7) is 3.55. The zero-order valence-corrected chi connectivity index (χ0v) is 11.6. The number of halogens is 2. The molecule has 2 aromatic rings. The molecule has 0 bridgehead atoms. The van der Waals surface area contributed by atoms with Crippen molar-refractivity contribution in [2.45, 2.75) is 19.9 Å². The third kappa shape index (κ3) is 2.93. The average Bonchev–Trinajstić information content (AvgIpc) is 2.80. The Hall–Kier alpha value is -2.02. The van der Waals surface area contributed by atoms with Crippen LogP contribution in [0, 0.1) is 18.6 Å². The van der Waals surface area contributed by atoms with Gasteiger partial charge in [0.05, 0.1) is 11.6 Å². The maximum atomic E-state index is 13.8. The van der Waals surface area contributed by atoms with Crippen LogP contribution in [-0.4, -0.2) is 16.1 Å². The summed E-state index contributed by atoms with van der Waals surface area (Å²) >= 11 is 1.38. The van der Waals surface area contributed by atoms with Gasteiger partial charge in [-0.2, -0.15) is 0 Å². The molecule has 1 aromatic carbocycles. The normalized spacial score (nSPS) is 12.2. The number of carbonyl (C=O) groups is 1. The van der Waals surface area contributed by atoms with E-state index in [1.807, 2.05) is 12.3 Å². The van der Waals surface area contributed by atoms with Gasteiger partial charge in [-0.1, -0.05) is 0 Å². The first-order valence-electron chi connectivity index (χ1n) is 5.79. The van der Waals surface area contributed by atoms with Crippen molar-refractivity contribution in [2.75, 3.05) is 5.32 Å². The fraction of sp³-hybridized carbons (Fsp3) is 0.231. The third-order valence-corrected chi connectivity index (χ3v) is 3.80. The topological polar surface area (TPSA) is 62.2 Å². The van der Waals surface area contributed by atoms with E-state index >= 15 is 0 Å². The second kappa shape index (κ2) is 5.54. The monoisotopic (exact) mass is 298 g/mol. The fourth-order valence-electron chi connectivity index (χ4n) is 1.68. The molecule has 0 amide bonds. The van der Waals surface area contributed by atoms with E-state index in [1.165, 1.54) is 11.3 Å². The van der Waals surface area contributed by atoms with Crippen LogP contribution in [0.4, 0.5) is 14.5 Å². The Balaban J connectivity index is 2.27. The highest BCUT2D eigenvalue weighted by Crippen LogP contribution is 2.27. The molecule has 1 aromatic heterocycles. The van der Waals surface area contributed by atoms with Gasteiger partial charge in [-0.3, -0.25) is 0 Å². The average molecular weight is 298 g/mol. The Morgan fingerprint density at radius 3 is 2.45 bits per heavy atom.